The number of carbonyl (C=O) groups excluding carboxylic acids is 1. The number of ether oxygens (including phenoxy) is 1. The van der Waals surface area contributed by atoms with Crippen molar-refractivity contribution in [3.8, 4) is 5.75 Å². The van der Waals surface area contributed by atoms with E-state index in [1.807, 2.05) is 35.2 Å². The Bertz CT molecular complexity index is 499. The van der Waals surface area contributed by atoms with E-state index in [0.29, 0.717) is 5.75 Å². The molecule has 1 amide bonds. The Morgan fingerprint density at radius 2 is 2.05 bits per heavy atom. The number of nitrogens with zero attached hydrogens (tertiary/aromatic N) is 2. The van der Waals surface area contributed by atoms with Gasteiger partial charge < -0.3 is 9.64 Å². The van der Waals surface area contributed by atoms with E-state index in [4.69, 9.17) is 4.74 Å². The van der Waals surface area contributed by atoms with Crippen LogP contribution in [0.2, 0.25) is 0 Å². The maximum Gasteiger partial charge on any atom is 0.263 e. The van der Waals surface area contributed by atoms with Gasteiger partial charge in [-0.15, -0.1) is 6.58 Å². The Labute approximate surface area is 134 Å². The van der Waals surface area contributed by atoms with E-state index in [9.17, 15) is 4.79 Å². The zero-order chi connectivity index (χ0) is 15.2. The van der Waals surface area contributed by atoms with E-state index in [1.54, 1.807) is 6.92 Å². The van der Waals surface area contributed by atoms with Crippen LogP contribution in [0, 0.1) is 0 Å². The molecule has 4 nitrogen and oxygen atoms in total. The predicted octanol–water partition coefficient (Wildman–Crippen LogP) is 2.55. The van der Waals surface area contributed by atoms with Gasteiger partial charge in [-0.05, 0) is 35.0 Å². The van der Waals surface area contributed by atoms with Gasteiger partial charge in [0.05, 0.1) is 4.47 Å². The monoisotopic (exact) mass is 352 g/mol. The van der Waals surface area contributed by atoms with Gasteiger partial charge in [-0.1, -0.05) is 18.2 Å². The van der Waals surface area contributed by atoms with Crippen molar-refractivity contribution in [2.24, 2.45) is 0 Å². The summed E-state index contributed by atoms with van der Waals surface area (Å²) in [5.41, 5.74) is 0. The lowest BCUT2D eigenvalue weighted by Gasteiger charge is -2.35. The van der Waals surface area contributed by atoms with E-state index in [0.717, 1.165) is 37.2 Å². The van der Waals surface area contributed by atoms with Crippen LogP contribution in [0.15, 0.2) is 41.4 Å². The first-order valence-electron chi connectivity index (χ1n) is 7.15. The minimum absolute atomic E-state index is 0.0454. The number of piperazine rings is 1. The normalized spacial score (nSPS) is 17.3. The molecule has 1 saturated heterocycles. The molecule has 1 aliphatic rings. The summed E-state index contributed by atoms with van der Waals surface area (Å²) in [6.45, 7) is 9.70. The van der Waals surface area contributed by atoms with Gasteiger partial charge in [-0.25, -0.2) is 0 Å². The van der Waals surface area contributed by atoms with Gasteiger partial charge in [0.25, 0.3) is 5.91 Å². The molecular weight excluding hydrogens is 332 g/mol. The lowest BCUT2D eigenvalue weighted by Crippen LogP contribution is -2.51. The Morgan fingerprint density at radius 3 is 2.67 bits per heavy atom. The minimum Gasteiger partial charge on any atom is -0.480 e. The molecule has 1 heterocycles. The fraction of sp³-hybridized carbons (Fsp3) is 0.438. The quantitative estimate of drug-likeness (QED) is 0.763. The number of rotatable bonds is 5. The molecule has 1 aromatic rings. The lowest BCUT2D eigenvalue weighted by molar-refractivity contribution is -0.139. The third-order valence-corrected chi connectivity index (χ3v) is 4.21. The first kappa shape index (κ1) is 16.0. The SMILES string of the molecule is C=CCN1CCN(C(=O)C(C)Oc2ccccc2Br)CC1. The van der Waals surface area contributed by atoms with Crippen molar-refractivity contribution in [3.63, 3.8) is 0 Å². The molecule has 114 valence electrons. The maximum absolute atomic E-state index is 12.4. The molecule has 1 unspecified atom stereocenters. The lowest BCUT2D eigenvalue weighted by atomic mass is 10.2. The molecule has 0 aliphatic carbocycles. The van der Waals surface area contributed by atoms with E-state index in [1.165, 1.54) is 0 Å². The number of hydrogen-bond acceptors (Lipinski definition) is 3. The Kier molecular flexibility index (Phi) is 5.82. The smallest absolute Gasteiger partial charge is 0.263 e. The molecule has 0 N–H and O–H groups in total. The molecule has 0 saturated carbocycles. The number of carbonyl (C=O) groups is 1. The van der Waals surface area contributed by atoms with Crippen LogP contribution >= 0.6 is 15.9 Å². The molecule has 0 aromatic heterocycles. The standard InChI is InChI=1S/C16H21BrN2O2/c1-3-8-18-9-11-19(12-10-18)16(20)13(2)21-15-7-5-4-6-14(15)17/h3-7,13H,1,8-12H2,2H3. The van der Waals surface area contributed by atoms with Gasteiger partial charge in [0.15, 0.2) is 6.10 Å². The molecule has 1 aliphatic heterocycles. The molecule has 0 radical (unpaired) electrons. The van der Waals surface area contributed by atoms with Crippen LogP contribution in [-0.2, 0) is 4.79 Å². The highest BCUT2D eigenvalue weighted by molar-refractivity contribution is 9.10. The summed E-state index contributed by atoms with van der Waals surface area (Å²) < 4.78 is 6.63. The summed E-state index contributed by atoms with van der Waals surface area (Å²) in [5, 5.41) is 0. The number of para-hydroxylation sites is 1. The van der Waals surface area contributed by atoms with Crippen LogP contribution < -0.4 is 4.74 Å². The largest absolute Gasteiger partial charge is 0.480 e. The van der Waals surface area contributed by atoms with Crippen molar-refractivity contribution in [3.05, 3.63) is 41.4 Å². The topological polar surface area (TPSA) is 32.8 Å². The van der Waals surface area contributed by atoms with Gasteiger partial charge in [0.2, 0.25) is 0 Å². The molecular formula is C16H21BrN2O2. The summed E-state index contributed by atoms with van der Waals surface area (Å²) in [4.78, 5) is 16.6. The van der Waals surface area contributed by atoms with Gasteiger partial charge >= 0.3 is 0 Å². The second kappa shape index (κ2) is 7.61. The van der Waals surface area contributed by atoms with Crippen molar-refractivity contribution in [1.29, 1.82) is 0 Å². The third kappa shape index (κ3) is 4.32. The summed E-state index contributed by atoms with van der Waals surface area (Å²) in [6.07, 6.45) is 1.42. The van der Waals surface area contributed by atoms with E-state index < -0.39 is 6.10 Å². The second-order valence-electron chi connectivity index (χ2n) is 5.11. The molecule has 21 heavy (non-hydrogen) atoms. The van der Waals surface area contributed by atoms with Crippen molar-refractivity contribution in [1.82, 2.24) is 9.80 Å². The summed E-state index contributed by atoms with van der Waals surface area (Å²) in [7, 11) is 0. The Hall–Kier alpha value is -1.33. The van der Waals surface area contributed by atoms with Crippen molar-refractivity contribution >= 4 is 21.8 Å². The van der Waals surface area contributed by atoms with Crippen LogP contribution in [0.1, 0.15) is 6.92 Å². The van der Waals surface area contributed by atoms with Crippen LogP contribution in [-0.4, -0.2) is 54.5 Å². The maximum atomic E-state index is 12.4. The number of amides is 1. The average Bonchev–Trinajstić information content (AvgIpc) is 2.50. The molecule has 0 spiro atoms. The van der Waals surface area contributed by atoms with Crippen LogP contribution in [0.5, 0.6) is 5.75 Å². The third-order valence-electron chi connectivity index (χ3n) is 3.56. The highest BCUT2D eigenvalue weighted by Gasteiger charge is 2.25. The number of hydrogen-bond donors (Lipinski definition) is 0. The molecule has 5 heteroatoms. The minimum atomic E-state index is -0.477. The van der Waals surface area contributed by atoms with Gasteiger partial charge in [-0.3, -0.25) is 9.69 Å². The number of halogens is 1. The summed E-state index contributed by atoms with van der Waals surface area (Å²) in [5.74, 6) is 0.743. The highest BCUT2D eigenvalue weighted by Crippen LogP contribution is 2.25. The average molecular weight is 353 g/mol. The zero-order valence-corrected chi connectivity index (χ0v) is 13.9. The Balaban J connectivity index is 1.88. The molecule has 1 fully saturated rings. The van der Waals surface area contributed by atoms with Crippen molar-refractivity contribution < 1.29 is 9.53 Å². The first-order chi connectivity index (χ1) is 10.1. The second-order valence-corrected chi connectivity index (χ2v) is 5.96. The van der Waals surface area contributed by atoms with Gasteiger partial charge in [0, 0.05) is 32.7 Å². The zero-order valence-electron chi connectivity index (χ0n) is 12.3. The van der Waals surface area contributed by atoms with Gasteiger partial charge in [0.1, 0.15) is 5.75 Å². The molecule has 2 rings (SSSR count). The van der Waals surface area contributed by atoms with Gasteiger partial charge in [-0.2, -0.15) is 0 Å². The molecule has 1 aromatic carbocycles. The predicted molar refractivity (Wildman–Crippen MR) is 87.4 cm³/mol. The van der Waals surface area contributed by atoms with Crippen LogP contribution in [0.25, 0.3) is 0 Å². The van der Waals surface area contributed by atoms with Crippen LogP contribution in [0.3, 0.4) is 0 Å². The Morgan fingerprint density at radius 1 is 1.38 bits per heavy atom. The van der Waals surface area contributed by atoms with E-state index in [2.05, 4.69) is 27.4 Å². The van der Waals surface area contributed by atoms with E-state index in [-0.39, 0.29) is 5.91 Å². The first-order valence-corrected chi connectivity index (χ1v) is 7.94. The molecule has 0 bridgehead atoms. The summed E-state index contributed by atoms with van der Waals surface area (Å²) >= 11 is 3.43. The number of benzene rings is 1. The fourth-order valence-corrected chi connectivity index (χ4v) is 2.75. The highest BCUT2D eigenvalue weighted by atomic mass is 79.9. The van der Waals surface area contributed by atoms with E-state index >= 15 is 0 Å². The van der Waals surface area contributed by atoms with Crippen LogP contribution in [0.4, 0.5) is 0 Å². The van der Waals surface area contributed by atoms with Crippen molar-refractivity contribution in [2.45, 2.75) is 13.0 Å². The van der Waals surface area contributed by atoms with Crippen molar-refractivity contribution in [2.75, 3.05) is 32.7 Å². The summed E-state index contributed by atoms with van der Waals surface area (Å²) in [6, 6.07) is 7.57. The molecule has 1 atom stereocenters. The fourth-order valence-electron chi connectivity index (χ4n) is 2.37.